The first-order valence-electron chi connectivity index (χ1n) is 7.10. The van der Waals surface area contributed by atoms with Crippen molar-refractivity contribution in [3.63, 3.8) is 0 Å². The van der Waals surface area contributed by atoms with Gasteiger partial charge in [0.2, 0.25) is 0 Å². The van der Waals surface area contributed by atoms with Gasteiger partial charge in [0.15, 0.2) is 0 Å². The molecule has 0 aliphatic carbocycles. The third kappa shape index (κ3) is 1.93. The lowest BCUT2D eigenvalue weighted by atomic mass is 10.1. The van der Waals surface area contributed by atoms with Crippen LogP contribution in [0, 0.1) is 0 Å². The Morgan fingerprint density at radius 3 is 3.20 bits per heavy atom. The molecule has 1 aromatic heterocycles. The van der Waals surface area contributed by atoms with Crippen molar-refractivity contribution in [3.8, 4) is 5.75 Å². The Bertz CT molecular complexity index is 641. The number of hydrogen-bond acceptors (Lipinski definition) is 4. The van der Waals surface area contributed by atoms with Crippen LogP contribution in [0.3, 0.4) is 0 Å². The number of hydrogen-bond donors (Lipinski definition) is 1. The van der Waals surface area contributed by atoms with Crippen LogP contribution >= 0.6 is 0 Å². The number of pyridine rings is 1. The van der Waals surface area contributed by atoms with E-state index in [0.29, 0.717) is 6.61 Å². The van der Waals surface area contributed by atoms with E-state index in [1.165, 1.54) is 11.3 Å². The summed E-state index contributed by atoms with van der Waals surface area (Å²) in [5.74, 6) is 0.953. The molecule has 102 valence electrons. The molecule has 20 heavy (non-hydrogen) atoms. The maximum atomic E-state index is 5.71. The number of benzene rings is 1. The number of rotatable bonds is 1. The molecule has 4 nitrogen and oxygen atoms in total. The Kier molecular flexibility index (Phi) is 2.81. The van der Waals surface area contributed by atoms with Gasteiger partial charge in [0.25, 0.3) is 0 Å². The van der Waals surface area contributed by atoms with Crippen LogP contribution in [0.15, 0.2) is 36.5 Å². The van der Waals surface area contributed by atoms with Crippen LogP contribution in [0.5, 0.6) is 5.75 Å². The van der Waals surface area contributed by atoms with Crippen molar-refractivity contribution in [2.75, 3.05) is 24.6 Å². The molecule has 0 unspecified atom stereocenters. The quantitative estimate of drug-likeness (QED) is 0.860. The van der Waals surface area contributed by atoms with Gasteiger partial charge in [-0.25, -0.2) is 0 Å². The second-order valence-corrected chi connectivity index (χ2v) is 5.19. The van der Waals surface area contributed by atoms with Gasteiger partial charge >= 0.3 is 0 Å². The van der Waals surface area contributed by atoms with Crippen LogP contribution in [-0.4, -0.2) is 24.7 Å². The normalized spacial score (nSPS) is 17.1. The van der Waals surface area contributed by atoms with E-state index in [0.717, 1.165) is 43.2 Å². The Morgan fingerprint density at radius 1 is 1.25 bits per heavy atom. The zero-order valence-electron chi connectivity index (χ0n) is 11.3. The van der Waals surface area contributed by atoms with Crippen molar-refractivity contribution >= 4 is 11.4 Å². The van der Waals surface area contributed by atoms with E-state index in [-0.39, 0.29) is 0 Å². The lowest BCUT2D eigenvalue weighted by Gasteiger charge is -2.31. The van der Waals surface area contributed by atoms with Crippen LogP contribution in [0.25, 0.3) is 0 Å². The largest absolute Gasteiger partial charge is 0.490 e. The third-order valence-corrected chi connectivity index (χ3v) is 3.94. The van der Waals surface area contributed by atoms with Crippen molar-refractivity contribution in [1.29, 1.82) is 0 Å². The maximum absolute atomic E-state index is 5.71. The molecule has 1 aromatic carbocycles. The summed E-state index contributed by atoms with van der Waals surface area (Å²) in [6, 6.07) is 10.4. The number of aromatic nitrogens is 1. The van der Waals surface area contributed by atoms with Crippen LogP contribution in [-0.2, 0) is 13.0 Å². The number of anilines is 2. The summed E-state index contributed by atoms with van der Waals surface area (Å²) in [5.41, 5.74) is 4.83. The molecule has 0 spiro atoms. The summed E-state index contributed by atoms with van der Waals surface area (Å²) < 4.78 is 5.71. The van der Waals surface area contributed by atoms with Crippen molar-refractivity contribution in [2.45, 2.75) is 13.0 Å². The fraction of sp³-hybridized carbons (Fsp3) is 0.312. The minimum atomic E-state index is 0.715. The maximum Gasteiger partial charge on any atom is 0.143 e. The third-order valence-electron chi connectivity index (χ3n) is 3.94. The topological polar surface area (TPSA) is 37.4 Å². The molecule has 0 amide bonds. The standard InChI is InChI=1S/C16H17N3O/c1-2-4-16-15(3-1)19(7-8-20-16)13-9-12-10-17-6-5-14(12)18-11-13/h1-4,9,11,17H,5-8,10H2. The summed E-state index contributed by atoms with van der Waals surface area (Å²) in [7, 11) is 0. The number of para-hydroxylation sites is 2. The van der Waals surface area contributed by atoms with Crippen molar-refractivity contribution in [2.24, 2.45) is 0 Å². The Morgan fingerprint density at radius 2 is 2.20 bits per heavy atom. The monoisotopic (exact) mass is 267 g/mol. The van der Waals surface area contributed by atoms with Gasteiger partial charge in [-0.2, -0.15) is 0 Å². The fourth-order valence-corrected chi connectivity index (χ4v) is 2.92. The highest BCUT2D eigenvalue weighted by Crippen LogP contribution is 2.36. The molecule has 0 bridgehead atoms. The van der Waals surface area contributed by atoms with Crippen molar-refractivity contribution < 1.29 is 4.74 Å². The number of nitrogens with zero attached hydrogens (tertiary/aromatic N) is 2. The van der Waals surface area contributed by atoms with E-state index < -0.39 is 0 Å². The summed E-state index contributed by atoms with van der Waals surface area (Å²) >= 11 is 0. The molecule has 0 radical (unpaired) electrons. The number of nitrogens with one attached hydrogen (secondary N) is 1. The molecule has 0 atom stereocenters. The van der Waals surface area contributed by atoms with Crippen LogP contribution in [0.4, 0.5) is 11.4 Å². The van der Waals surface area contributed by atoms with Gasteiger partial charge in [-0.1, -0.05) is 12.1 Å². The second-order valence-electron chi connectivity index (χ2n) is 5.19. The predicted molar refractivity (Wildman–Crippen MR) is 78.6 cm³/mol. The first kappa shape index (κ1) is 11.7. The van der Waals surface area contributed by atoms with E-state index in [1.807, 2.05) is 24.4 Å². The molecule has 0 saturated heterocycles. The predicted octanol–water partition coefficient (Wildman–Crippen LogP) is 2.26. The Labute approximate surface area is 118 Å². The van der Waals surface area contributed by atoms with E-state index in [9.17, 15) is 0 Å². The van der Waals surface area contributed by atoms with E-state index in [4.69, 9.17) is 4.74 Å². The van der Waals surface area contributed by atoms with Gasteiger partial charge in [-0.05, 0) is 23.8 Å². The molecule has 4 heteroatoms. The number of ether oxygens (including phenoxy) is 1. The Balaban J connectivity index is 1.75. The molecule has 2 aliphatic rings. The summed E-state index contributed by atoms with van der Waals surface area (Å²) in [4.78, 5) is 6.94. The zero-order valence-corrected chi connectivity index (χ0v) is 11.3. The number of fused-ring (bicyclic) bond motifs is 2. The molecule has 0 fully saturated rings. The summed E-state index contributed by atoms with van der Waals surface area (Å²) in [6.07, 6.45) is 3.02. The van der Waals surface area contributed by atoms with Gasteiger partial charge in [0.05, 0.1) is 24.1 Å². The second kappa shape index (κ2) is 4.80. The van der Waals surface area contributed by atoms with E-state index >= 15 is 0 Å². The van der Waals surface area contributed by atoms with Gasteiger partial charge in [0.1, 0.15) is 12.4 Å². The molecule has 3 heterocycles. The smallest absolute Gasteiger partial charge is 0.143 e. The summed E-state index contributed by atoms with van der Waals surface area (Å²) in [5, 5.41) is 3.41. The van der Waals surface area contributed by atoms with Gasteiger partial charge in [-0.15, -0.1) is 0 Å². The van der Waals surface area contributed by atoms with Crippen LogP contribution in [0.1, 0.15) is 11.3 Å². The average molecular weight is 267 g/mol. The first-order valence-corrected chi connectivity index (χ1v) is 7.10. The lowest BCUT2D eigenvalue weighted by Crippen LogP contribution is -2.30. The molecular weight excluding hydrogens is 250 g/mol. The molecule has 2 aliphatic heterocycles. The summed E-state index contributed by atoms with van der Waals surface area (Å²) in [6.45, 7) is 3.53. The van der Waals surface area contributed by atoms with Crippen molar-refractivity contribution in [1.82, 2.24) is 10.3 Å². The Hall–Kier alpha value is -2.07. The zero-order chi connectivity index (χ0) is 13.4. The van der Waals surface area contributed by atoms with Crippen molar-refractivity contribution in [3.05, 3.63) is 47.8 Å². The fourth-order valence-electron chi connectivity index (χ4n) is 2.92. The van der Waals surface area contributed by atoms with Crippen LogP contribution < -0.4 is 15.0 Å². The van der Waals surface area contributed by atoms with Gasteiger partial charge in [-0.3, -0.25) is 4.98 Å². The highest BCUT2D eigenvalue weighted by molar-refractivity contribution is 5.70. The lowest BCUT2D eigenvalue weighted by molar-refractivity contribution is 0.314. The minimum absolute atomic E-state index is 0.715. The minimum Gasteiger partial charge on any atom is -0.490 e. The highest BCUT2D eigenvalue weighted by atomic mass is 16.5. The first-order chi connectivity index (χ1) is 9.92. The SMILES string of the molecule is c1ccc2c(c1)OCCN2c1cnc2c(c1)CNCC2. The van der Waals surface area contributed by atoms with E-state index in [1.54, 1.807) is 0 Å². The molecule has 2 aromatic rings. The van der Waals surface area contributed by atoms with Crippen LogP contribution in [0.2, 0.25) is 0 Å². The highest BCUT2D eigenvalue weighted by Gasteiger charge is 2.20. The molecule has 4 rings (SSSR count). The van der Waals surface area contributed by atoms with E-state index in [2.05, 4.69) is 27.3 Å². The molecule has 1 N–H and O–H groups in total. The van der Waals surface area contributed by atoms with Gasteiger partial charge in [0, 0.05) is 25.2 Å². The average Bonchev–Trinajstić information content (AvgIpc) is 2.54. The molecule has 0 saturated carbocycles. The van der Waals surface area contributed by atoms with Gasteiger partial charge < -0.3 is 15.0 Å². The molecular formula is C16H17N3O.